The van der Waals surface area contributed by atoms with Crippen molar-refractivity contribution in [3.05, 3.63) is 61.1 Å². The van der Waals surface area contributed by atoms with Gasteiger partial charge in [0.05, 0.1) is 17.5 Å². The molecule has 0 atom stereocenters. The van der Waals surface area contributed by atoms with Crippen LogP contribution in [0.1, 0.15) is 41.4 Å². The van der Waals surface area contributed by atoms with E-state index in [9.17, 15) is 14.4 Å². The Bertz CT molecular complexity index is 1100. The lowest BCUT2D eigenvalue weighted by molar-refractivity contribution is 0.0731. The van der Waals surface area contributed by atoms with Gasteiger partial charge in [-0.2, -0.15) is 0 Å². The quantitative estimate of drug-likeness (QED) is 0.707. The van der Waals surface area contributed by atoms with Crippen LogP contribution in [0.4, 0.5) is 0 Å². The summed E-state index contributed by atoms with van der Waals surface area (Å²) < 4.78 is 1.44. The van der Waals surface area contributed by atoms with Gasteiger partial charge in [0.15, 0.2) is 0 Å². The van der Waals surface area contributed by atoms with Crippen molar-refractivity contribution < 1.29 is 4.79 Å². The average Bonchev–Trinajstić information content (AvgIpc) is 3.38. The number of thiophene rings is 1. The predicted octanol–water partition coefficient (Wildman–Crippen LogP) is 2.36. The molecule has 7 nitrogen and oxygen atoms in total. The summed E-state index contributed by atoms with van der Waals surface area (Å²) in [5, 5.41) is 2.26. The Hall–Kier alpha value is -2.74. The molecule has 3 heterocycles. The predicted molar refractivity (Wildman–Crippen MR) is 104 cm³/mol. The molecule has 4 rings (SSSR count). The minimum atomic E-state index is -0.513. The third-order valence-corrected chi connectivity index (χ3v) is 5.54. The zero-order chi connectivity index (χ0) is 19.0. The molecule has 0 aliphatic heterocycles. The van der Waals surface area contributed by atoms with Gasteiger partial charge in [0.2, 0.25) is 0 Å². The number of H-pyrrole nitrogens is 1. The lowest BCUT2D eigenvalue weighted by Crippen LogP contribution is -2.33. The SMILES string of the molecule is CCCn1c(=O)[nH]c(=O)c2cc(C(=O)N(Cc3cccs3)C3CC3)cnc21. The van der Waals surface area contributed by atoms with Crippen molar-refractivity contribution in [2.24, 2.45) is 0 Å². The molecule has 27 heavy (non-hydrogen) atoms. The van der Waals surface area contributed by atoms with E-state index in [0.29, 0.717) is 24.3 Å². The number of nitrogens with one attached hydrogen (secondary N) is 1. The van der Waals surface area contributed by atoms with Crippen LogP contribution in [0.5, 0.6) is 0 Å². The first-order valence-electron chi connectivity index (χ1n) is 9.04. The van der Waals surface area contributed by atoms with Gasteiger partial charge >= 0.3 is 5.69 Å². The van der Waals surface area contributed by atoms with E-state index in [0.717, 1.165) is 24.1 Å². The van der Waals surface area contributed by atoms with Gasteiger partial charge in [-0.15, -0.1) is 11.3 Å². The number of amides is 1. The Morgan fingerprint density at radius 2 is 2.22 bits per heavy atom. The largest absolute Gasteiger partial charge is 0.330 e. The summed E-state index contributed by atoms with van der Waals surface area (Å²) >= 11 is 1.62. The third kappa shape index (κ3) is 3.44. The number of aromatic nitrogens is 3. The van der Waals surface area contributed by atoms with Crippen molar-refractivity contribution in [2.45, 2.75) is 45.3 Å². The topological polar surface area (TPSA) is 88.1 Å². The van der Waals surface area contributed by atoms with Crippen LogP contribution in [-0.2, 0) is 13.1 Å². The van der Waals surface area contributed by atoms with Crippen molar-refractivity contribution >= 4 is 28.3 Å². The minimum Gasteiger partial charge on any atom is -0.330 e. The van der Waals surface area contributed by atoms with Crippen LogP contribution in [0.2, 0.25) is 0 Å². The normalized spacial score (nSPS) is 13.8. The summed E-state index contributed by atoms with van der Waals surface area (Å²) in [7, 11) is 0. The summed E-state index contributed by atoms with van der Waals surface area (Å²) in [6, 6.07) is 5.78. The summed E-state index contributed by atoms with van der Waals surface area (Å²) in [6.07, 6.45) is 4.20. The number of rotatable bonds is 6. The molecule has 1 N–H and O–H groups in total. The monoisotopic (exact) mass is 384 g/mol. The molecule has 1 amide bonds. The first-order chi connectivity index (χ1) is 13.1. The first kappa shape index (κ1) is 17.7. The number of hydrogen-bond donors (Lipinski definition) is 1. The molecule has 140 valence electrons. The number of aryl methyl sites for hydroxylation is 1. The van der Waals surface area contributed by atoms with E-state index in [2.05, 4.69) is 9.97 Å². The van der Waals surface area contributed by atoms with Crippen molar-refractivity contribution in [1.29, 1.82) is 0 Å². The van der Waals surface area contributed by atoms with Gasteiger partial charge in [-0.1, -0.05) is 13.0 Å². The van der Waals surface area contributed by atoms with Gasteiger partial charge in [0, 0.05) is 23.7 Å². The number of nitrogens with zero attached hydrogens (tertiary/aromatic N) is 3. The number of hydrogen-bond acceptors (Lipinski definition) is 5. The highest BCUT2D eigenvalue weighted by atomic mass is 32.1. The molecule has 3 aromatic heterocycles. The second-order valence-electron chi connectivity index (χ2n) is 6.75. The Balaban J connectivity index is 1.73. The maximum atomic E-state index is 13.1. The molecule has 0 bridgehead atoms. The van der Waals surface area contributed by atoms with Crippen LogP contribution >= 0.6 is 11.3 Å². The van der Waals surface area contributed by atoms with Gasteiger partial charge < -0.3 is 4.90 Å². The van der Waals surface area contributed by atoms with Crippen LogP contribution < -0.4 is 11.2 Å². The minimum absolute atomic E-state index is 0.132. The van der Waals surface area contributed by atoms with Crippen molar-refractivity contribution in [2.75, 3.05) is 0 Å². The smallest absolute Gasteiger partial charge is 0.329 e. The number of carbonyl (C=O) groups is 1. The summed E-state index contributed by atoms with van der Waals surface area (Å²) in [4.78, 5) is 47.0. The van der Waals surface area contributed by atoms with Crippen LogP contribution in [-0.4, -0.2) is 31.4 Å². The fraction of sp³-hybridized carbons (Fsp3) is 0.368. The molecule has 0 spiro atoms. The summed E-state index contributed by atoms with van der Waals surface area (Å²) in [5.41, 5.74) is -0.296. The summed E-state index contributed by atoms with van der Waals surface area (Å²) in [6.45, 7) is 2.96. The maximum absolute atomic E-state index is 13.1. The molecule has 1 aliphatic rings. The molecular weight excluding hydrogens is 364 g/mol. The lowest BCUT2D eigenvalue weighted by atomic mass is 10.2. The molecule has 0 unspecified atom stereocenters. The second-order valence-corrected chi connectivity index (χ2v) is 7.78. The molecular formula is C19H20N4O3S. The summed E-state index contributed by atoms with van der Waals surface area (Å²) in [5.74, 6) is -0.132. The van der Waals surface area contributed by atoms with Gasteiger partial charge in [0.1, 0.15) is 5.65 Å². The van der Waals surface area contributed by atoms with Gasteiger partial charge in [0.25, 0.3) is 11.5 Å². The van der Waals surface area contributed by atoms with E-state index in [1.165, 1.54) is 10.8 Å². The number of pyridine rings is 1. The number of fused-ring (bicyclic) bond motifs is 1. The molecule has 1 saturated carbocycles. The average molecular weight is 384 g/mol. The van der Waals surface area contributed by atoms with Crippen LogP contribution in [0, 0.1) is 0 Å². The molecule has 3 aromatic rings. The Morgan fingerprint density at radius 3 is 2.89 bits per heavy atom. The van der Waals surface area contributed by atoms with E-state index in [-0.39, 0.29) is 17.3 Å². The maximum Gasteiger partial charge on any atom is 0.329 e. The Kier molecular flexibility index (Phi) is 4.65. The van der Waals surface area contributed by atoms with Gasteiger partial charge in [-0.3, -0.25) is 19.1 Å². The number of carbonyl (C=O) groups excluding carboxylic acids is 1. The second kappa shape index (κ2) is 7.11. The van der Waals surface area contributed by atoms with Crippen molar-refractivity contribution in [3.63, 3.8) is 0 Å². The van der Waals surface area contributed by atoms with Crippen LogP contribution in [0.3, 0.4) is 0 Å². The van der Waals surface area contributed by atoms with E-state index in [1.54, 1.807) is 17.4 Å². The first-order valence-corrected chi connectivity index (χ1v) is 9.92. The van der Waals surface area contributed by atoms with E-state index >= 15 is 0 Å². The number of aromatic amines is 1. The lowest BCUT2D eigenvalue weighted by Gasteiger charge is -2.22. The van der Waals surface area contributed by atoms with E-state index in [4.69, 9.17) is 0 Å². The zero-order valence-electron chi connectivity index (χ0n) is 15.0. The highest BCUT2D eigenvalue weighted by molar-refractivity contribution is 7.09. The highest BCUT2D eigenvalue weighted by Gasteiger charge is 2.33. The fourth-order valence-electron chi connectivity index (χ4n) is 3.21. The molecule has 0 aromatic carbocycles. The van der Waals surface area contributed by atoms with Crippen LogP contribution in [0.25, 0.3) is 11.0 Å². The molecule has 1 fully saturated rings. The molecule has 1 aliphatic carbocycles. The molecule has 0 saturated heterocycles. The highest BCUT2D eigenvalue weighted by Crippen LogP contribution is 2.30. The Labute approximate surface area is 159 Å². The fourth-order valence-corrected chi connectivity index (χ4v) is 3.91. The zero-order valence-corrected chi connectivity index (χ0v) is 15.8. The molecule has 0 radical (unpaired) electrons. The van der Waals surface area contributed by atoms with Gasteiger partial charge in [-0.05, 0) is 36.8 Å². The van der Waals surface area contributed by atoms with E-state index in [1.807, 2.05) is 29.3 Å². The standard InChI is InChI=1S/C19H20N4O3S/c1-2-7-22-16-15(17(24)21-19(22)26)9-12(10-20-16)18(25)23(13-5-6-13)11-14-4-3-8-27-14/h3-4,8-10,13H,2,5-7,11H2,1H3,(H,21,24,26). The van der Waals surface area contributed by atoms with Crippen LogP contribution in [0.15, 0.2) is 39.4 Å². The van der Waals surface area contributed by atoms with Crippen molar-refractivity contribution in [3.8, 4) is 0 Å². The van der Waals surface area contributed by atoms with E-state index < -0.39 is 11.2 Å². The van der Waals surface area contributed by atoms with Gasteiger partial charge in [-0.25, -0.2) is 9.78 Å². The Morgan fingerprint density at radius 1 is 1.41 bits per heavy atom. The third-order valence-electron chi connectivity index (χ3n) is 4.68. The molecule has 8 heteroatoms. The van der Waals surface area contributed by atoms with Crippen molar-refractivity contribution in [1.82, 2.24) is 19.4 Å².